The van der Waals surface area contributed by atoms with E-state index in [1.165, 1.54) is 69.7 Å². The van der Waals surface area contributed by atoms with Gasteiger partial charge in [-0.3, -0.25) is 0 Å². The van der Waals surface area contributed by atoms with Gasteiger partial charge in [-0.2, -0.15) is 4.68 Å². The first-order chi connectivity index (χ1) is 22.3. The van der Waals surface area contributed by atoms with Crippen LogP contribution in [0, 0.1) is 0 Å². The highest BCUT2D eigenvalue weighted by atomic mass is 32.1. The number of rotatable bonds is 3. The molecule has 45 heavy (non-hydrogen) atoms. The SMILES string of the molecule is c1ccc(-n2c3ccccc3c3cc(-c4ccc5c6ccccc6n(-[n+]6cncc7sc8ccccc8c76)c5c4)ccc32)cc1. The average Bonchev–Trinajstić information content (AvgIpc) is 3.76. The molecule has 5 heteroatoms. The fourth-order valence-corrected chi connectivity index (χ4v) is 8.19. The van der Waals surface area contributed by atoms with Crippen LogP contribution >= 0.6 is 11.3 Å². The van der Waals surface area contributed by atoms with E-state index in [9.17, 15) is 0 Å². The maximum Gasteiger partial charge on any atom is 0.310 e. The normalized spacial score (nSPS) is 12.0. The van der Waals surface area contributed by atoms with Gasteiger partial charge in [0, 0.05) is 37.3 Å². The minimum atomic E-state index is 1.15. The Kier molecular flexibility index (Phi) is 5.12. The van der Waals surface area contributed by atoms with Crippen molar-refractivity contribution in [3.05, 3.63) is 152 Å². The molecule has 210 valence electrons. The zero-order valence-corrected chi connectivity index (χ0v) is 24.9. The number of hydrogen-bond donors (Lipinski definition) is 0. The molecule has 0 fully saturated rings. The standard InChI is InChI=1S/C40H25N4S/c1-2-10-28(11-3-1)43-34-15-7-4-13-30(34)33-22-26(19-21-35(33)43)27-18-20-31-29-12-5-8-16-36(29)44(37(31)23-27)42-25-41-24-39-40(42)32-14-6-9-17-38(32)45-39/h1-25H/q+1. The highest BCUT2D eigenvalue weighted by molar-refractivity contribution is 7.25. The van der Waals surface area contributed by atoms with Gasteiger partial charge in [-0.1, -0.05) is 89.9 Å². The molecule has 0 amide bonds. The number of benzene rings is 6. The Hall–Kier alpha value is -5.78. The van der Waals surface area contributed by atoms with Crippen LogP contribution in [-0.2, 0) is 0 Å². The van der Waals surface area contributed by atoms with E-state index in [2.05, 4.69) is 153 Å². The zero-order valence-electron chi connectivity index (χ0n) is 24.1. The number of fused-ring (bicyclic) bond motifs is 9. The van der Waals surface area contributed by atoms with Crippen molar-refractivity contribution in [2.24, 2.45) is 0 Å². The maximum atomic E-state index is 4.70. The predicted octanol–water partition coefficient (Wildman–Crippen LogP) is 9.92. The topological polar surface area (TPSA) is 26.6 Å². The van der Waals surface area contributed by atoms with Gasteiger partial charge >= 0.3 is 6.33 Å². The Bertz CT molecular complexity index is 2770. The molecular formula is C40H25N4S+. The zero-order chi connectivity index (χ0) is 29.5. The molecule has 0 saturated heterocycles. The summed E-state index contributed by atoms with van der Waals surface area (Å²) in [5.41, 5.74) is 9.44. The van der Waals surface area contributed by atoms with E-state index < -0.39 is 0 Å². The summed E-state index contributed by atoms with van der Waals surface area (Å²) in [6.45, 7) is 0. The molecule has 4 heterocycles. The lowest BCUT2D eigenvalue weighted by atomic mass is 10.0. The molecule has 0 bridgehead atoms. The van der Waals surface area contributed by atoms with Crippen LogP contribution in [0.1, 0.15) is 0 Å². The molecule has 10 aromatic rings. The predicted molar refractivity (Wildman–Crippen MR) is 187 cm³/mol. The van der Waals surface area contributed by atoms with Crippen molar-refractivity contribution in [3.8, 4) is 16.8 Å². The van der Waals surface area contributed by atoms with E-state index in [-0.39, 0.29) is 0 Å². The molecule has 0 atom stereocenters. The van der Waals surface area contributed by atoms with Crippen molar-refractivity contribution in [2.45, 2.75) is 0 Å². The third kappa shape index (κ3) is 3.53. The Balaban J connectivity index is 1.24. The third-order valence-corrected chi connectivity index (χ3v) is 10.2. The van der Waals surface area contributed by atoms with Gasteiger partial charge in [0.25, 0.3) is 0 Å². The van der Waals surface area contributed by atoms with E-state index in [1.807, 2.05) is 12.5 Å². The number of aromatic nitrogens is 4. The quantitative estimate of drug-likeness (QED) is 0.187. The van der Waals surface area contributed by atoms with Crippen molar-refractivity contribution in [1.29, 1.82) is 0 Å². The van der Waals surface area contributed by atoms with Gasteiger partial charge in [-0.15, -0.1) is 16.0 Å². The summed E-state index contributed by atoms with van der Waals surface area (Å²) in [5.74, 6) is 0. The summed E-state index contributed by atoms with van der Waals surface area (Å²) < 4.78 is 9.37. The molecule has 10 rings (SSSR count). The molecule has 0 saturated carbocycles. The van der Waals surface area contributed by atoms with E-state index in [4.69, 9.17) is 4.98 Å². The van der Waals surface area contributed by atoms with Crippen LogP contribution in [0.2, 0.25) is 0 Å². The first kappa shape index (κ1) is 24.6. The van der Waals surface area contributed by atoms with Crippen molar-refractivity contribution in [1.82, 2.24) is 14.2 Å². The van der Waals surface area contributed by atoms with Gasteiger partial charge < -0.3 is 4.57 Å². The summed E-state index contributed by atoms with van der Waals surface area (Å²) in [4.78, 5) is 4.70. The smallest absolute Gasteiger partial charge is 0.309 e. The molecule has 0 radical (unpaired) electrons. The van der Waals surface area contributed by atoms with E-state index in [1.54, 1.807) is 11.3 Å². The van der Waals surface area contributed by atoms with Gasteiger partial charge in [-0.25, -0.2) is 0 Å². The molecular weight excluding hydrogens is 569 g/mol. The van der Waals surface area contributed by atoms with Crippen molar-refractivity contribution in [3.63, 3.8) is 0 Å². The van der Waals surface area contributed by atoms with Crippen LogP contribution in [0.4, 0.5) is 0 Å². The van der Waals surface area contributed by atoms with E-state index >= 15 is 0 Å². The van der Waals surface area contributed by atoms with Crippen LogP contribution in [0.5, 0.6) is 0 Å². The number of para-hydroxylation sites is 3. The van der Waals surface area contributed by atoms with Gasteiger partial charge in [-0.05, 0) is 65.7 Å². The van der Waals surface area contributed by atoms with Crippen molar-refractivity contribution in [2.75, 3.05) is 0 Å². The number of hydrogen-bond acceptors (Lipinski definition) is 2. The Morgan fingerprint density at radius 1 is 0.489 bits per heavy atom. The Morgan fingerprint density at radius 3 is 2.00 bits per heavy atom. The summed E-state index contributed by atoms with van der Waals surface area (Å²) in [5, 5.41) is 6.19. The molecule has 0 aliphatic rings. The maximum absolute atomic E-state index is 4.70. The molecule has 4 nitrogen and oxygen atoms in total. The fourth-order valence-electron chi connectivity index (χ4n) is 7.12. The van der Waals surface area contributed by atoms with Gasteiger partial charge in [0.2, 0.25) is 0 Å². The highest BCUT2D eigenvalue weighted by Gasteiger charge is 2.21. The minimum absolute atomic E-state index is 1.15. The van der Waals surface area contributed by atoms with Gasteiger partial charge in [0.15, 0.2) is 11.7 Å². The first-order valence-corrected chi connectivity index (χ1v) is 15.9. The lowest BCUT2D eigenvalue weighted by molar-refractivity contribution is -0.697. The summed E-state index contributed by atoms with van der Waals surface area (Å²) in [6, 6.07) is 50.4. The van der Waals surface area contributed by atoms with Crippen LogP contribution in [-0.4, -0.2) is 14.2 Å². The lowest BCUT2D eigenvalue weighted by Gasteiger charge is -2.09. The van der Waals surface area contributed by atoms with Gasteiger partial charge in [0.05, 0.1) is 22.1 Å². The molecule has 4 aromatic heterocycles. The first-order valence-electron chi connectivity index (χ1n) is 15.1. The number of nitrogens with zero attached hydrogens (tertiary/aromatic N) is 4. The second kappa shape index (κ2) is 9.36. The largest absolute Gasteiger partial charge is 0.310 e. The van der Waals surface area contributed by atoms with Crippen LogP contribution in [0.25, 0.3) is 80.7 Å². The lowest BCUT2D eigenvalue weighted by Crippen LogP contribution is -2.42. The highest BCUT2D eigenvalue weighted by Crippen LogP contribution is 2.37. The minimum Gasteiger partial charge on any atom is -0.309 e. The second-order valence-corrected chi connectivity index (χ2v) is 12.6. The summed E-state index contributed by atoms with van der Waals surface area (Å²) in [7, 11) is 0. The third-order valence-electron chi connectivity index (χ3n) is 9.08. The molecule has 0 aliphatic heterocycles. The van der Waals surface area contributed by atoms with Crippen molar-refractivity contribution < 1.29 is 4.68 Å². The van der Waals surface area contributed by atoms with E-state index in [0.717, 1.165) is 11.0 Å². The molecule has 0 aliphatic carbocycles. The van der Waals surface area contributed by atoms with Gasteiger partial charge in [0.1, 0.15) is 4.70 Å². The Morgan fingerprint density at radius 2 is 1.13 bits per heavy atom. The number of thiophene rings is 1. The summed E-state index contributed by atoms with van der Waals surface area (Å²) >= 11 is 1.79. The van der Waals surface area contributed by atoms with Crippen LogP contribution < -0.4 is 4.68 Å². The summed E-state index contributed by atoms with van der Waals surface area (Å²) in [6.07, 6.45) is 3.93. The second-order valence-electron chi connectivity index (χ2n) is 11.5. The molecule has 0 unspecified atom stereocenters. The molecule has 0 N–H and O–H groups in total. The Labute approximate surface area is 262 Å². The average molecular weight is 594 g/mol. The van der Waals surface area contributed by atoms with Crippen LogP contribution in [0.15, 0.2) is 152 Å². The fraction of sp³-hybridized carbons (Fsp3) is 0. The monoisotopic (exact) mass is 593 g/mol. The molecule has 0 spiro atoms. The van der Waals surface area contributed by atoms with Crippen LogP contribution in [0.3, 0.4) is 0 Å². The van der Waals surface area contributed by atoms with Crippen molar-refractivity contribution >= 4 is 75.3 Å². The van der Waals surface area contributed by atoms with E-state index in [0.29, 0.717) is 0 Å². The molecule has 6 aromatic carbocycles.